The van der Waals surface area contributed by atoms with E-state index in [1.165, 1.54) is 0 Å². The predicted molar refractivity (Wildman–Crippen MR) is 95.2 cm³/mol. The van der Waals surface area contributed by atoms with Crippen LogP contribution in [0.4, 0.5) is 0 Å². The lowest BCUT2D eigenvalue weighted by Crippen LogP contribution is -2.56. The Labute approximate surface area is 153 Å². The second kappa shape index (κ2) is 10.7. The van der Waals surface area contributed by atoms with E-state index in [4.69, 9.17) is 4.74 Å². The first-order chi connectivity index (χ1) is 11.6. The highest BCUT2D eigenvalue weighted by Gasteiger charge is 2.30. The Bertz CT molecular complexity index is 583. The lowest BCUT2D eigenvalue weighted by molar-refractivity contribution is -0.143. The van der Waals surface area contributed by atoms with Crippen molar-refractivity contribution in [2.24, 2.45) is 0 Å². The van der Waals surface area contributed by atoms with Gasteiger partial charge in [0, 0.05) is 19.6 Å². The Balaban J connectivity index is 0.00000312. The number of nitrogens with one attached hydrogen (secondary N) is 2. The molecule has 7 nitrogen and oxygen atoms in total. The highest BCUT2D eigenvalue weighted by Crippen LogP contribution is 2.10. The summed E-state index contributed by atoms with van der Waals surface area (Å²) >= 11 is 0. The number of rotatable bonds is 7. The van der Waals surface area contributed by atoms with Crippen LogP contribution in [0.15, 0.2) is 30.3 Å². The summed E-state index contributed by atoms with van der Waals surface area (Å²) in [7, 11) is 0. The SMILES string of the molecule is CCOC(=O)CNC(=O)CC1NCCN(Cc2ccccc2)C1=O.Cl. The van der Waals surface area contributed by atoms with Gasteiger partial charge in [-0.05, 0) is 12.5 Å². The molecule has 8 heteroatoms. The van der Waals surface area contributed by atoms with E-state index in [-0.39, 0.29) is 43.8 Å². The third-order valence-corrected chi connectivity index (χ3v) is 3.72. The van der Waals surface area contributed by atoms with Crippen LogP contribution in [0.1, 0.15) is 18.9 Å². The monoisotopic (exact) mass is 369 g/mol. The molecule has 0 aliphatic carbocycles. The Morgan fingerprint density at radius 3 is 2.72 bits per heavy atom. The van der Waals surface area contributed by atoms with Crippen molar-refractivity contribution in [2.45, 2.75) is 25.9 Å². The van der Waals surface area contributed by atoms with Gasteiger partial charge in [-0.1, -0.05) is 30.3 Å². The summed E-state index contributed by atoms with van der Waals surface area (Å²) in [6.45, 7) is 3.56. The first kappa shape index (κ1) is 20.9. The quantitative estimate of drug-likeness (QED) is 0.682. The fraction of sp³-hybridized carbons (Fsp3) is 0.471. The standard InChI is InChI=1S/C17H23N3O4.ClH/c1-2-24-16(22)11-19-15(21)10-14-17(23)20(9-8-18-14)12-13-6-4-3-5-7-13;/h3-7,14,18H,2,8-12H2,1H3,(H,19,21);1H. The molecule has 138 valence electrons. The maximum absolute atomic E-state index is 12.5. The molecular formula is C17H24ClN3O4. The molecule has 1 aromatic carbocycles. The van der Waals surface area contributed by atoms with Gasteiger partial charge >= 0.3 is 5.97 Å². The minimum Gasteiger partial charge on any atom is -0.465 e. The van der Waals surface area contributed by atoms with Gasteiger partial charge in [0.1, 0.15) is 6.54 Å². The fourth-order valence-corrected chi connectivity index (χ4v) is 2.55. The van der Waals surface area contributed by atoms with Gasteiger partial charge in [0.05, 0.1) is 19.1 Å². The minimum atomic E-state index is -0.565. The average molecular weight is 370 g/mol. The minimum absolute atomic E-state index is 0. The first-order valence-electron chi connectivity index (χ1n) is 8.08. The maximum atomic E-state index is 12.5. The Hall–Kier alpha value is -2.12. The van der Waals surface area contributed by atoms with Crippen LogP contribution in [0.5, 0.6) is 0 Å². The molecule has 0 radical (unpaired) electrons. The average Bonchev–Trinajstić information content (AvgIpc) is 2.58. The summed E-state index contributed by atoms with van der Waals surface area (Å²) in [5, 5.41) is 5.54. The van der Waals surface area contributed by atoms with Gasteiger partial charge in [-0.3, -0.25) is 14.4 Å². The van der Waals surface area contributed by atoms with E-state index in [1.807, 2.05) is 30.3 Å². The maximum Gasteiger partial charge on any atom is 0.325 e. The first-order valence-corrected chi connectivity index (χ1v) is 8.08. The van der Waals surface area contributed by atoms with Crippen LogP contribution in [0, 0.1) is 0 Å². The molecule has 1 heterocycles. The number of ether oxygens (including phenoxy) is 1. The normalized spacial score (nSPS) is 16.8. The molecule has 0 aromatic heterocycles. The zero-order valence-electron chi connectivity index (χ0n) is 14.2. The van der Waals surface area contributed by atoms with Crippen molar-refractivity contribution in [3.63, 3.8) is 0 Å². The number of hydrogen-bond donors (Lipinski definition) is 2. The molecule has 1 aromatic rings. The molecule has 2 N–H and O–H groups in total. The molecule has 2 rings (SSSR count). The third kappa shape index (κ3) is 6.72. The molecule has 0 bridgehead atoms. The van der Waals surface area contributed by atoms with Crippen molar-refractivity contribution < 1.29 is 19.1 Å². The predicted octanol–water partition coefficient (Wildman–Crippen LogP) is 0.478. The van der Waals surface area contributed by atoms with E-state index in [1.54, 1.807) is 11.8 Å². The van der Waals surface area contributed by atoms with Gasteiger partial charge < -0.3 is 20.3 Å². The molecule has 0 spiro atoms. The Morgan fingerprint density at radius 1 is 1.32 bits per heavy atom. The summed E-state index contributed by atoms with van der Waals surface area (Å²) in [6.07, 6.45) is 0.00350. The molecule has 1 unspecified atom stereocenters. The molecule has 1 fully saturated rings. The molecule has 25 heavy (non-hydrogen) atoms. The van der Waals surface area contributed by atoms with Gasteiger partial charge in [0.25, 0.3) is 0 Å². The van der Waals surface area contributed by atoms with Crippen molar-refractivity contribution in [2.75, 3.05) is 26.2 Å². The molecular weight excluding hydrogens is 346 g/mol. The van der Waals surface area contributed by atoms with Crippen LogP contribution in [0.3, 0.4) is 0 Å². The molecule has 2 amide bonds. The second-order valence-corrected chi connectivity index (χ2v) is 5.54. The number of carbonyl (C=O) groups excluding carboxylic acids is 3. The molecule has 1 aliphatic rings. The van der Waals surface area contributed by atoms with Gasteiger partial charge in [-0.15, -0.1) is 12.4 Å². The van der Waals surface area contributed by atoms with Crippen molar-refractivity contribution in [1.82, 2.24) is 15.5 Å². The summed E-state index contributed by atoms with van der Waals surface area (Å²) in [5.41, 5.74) is 1.05. The number of nitrogens with zero attached hydrogens (tertiary/aromatic N) is 1. The van der Waals surface area contributed by atoms with Gasteiger partial charge in [0.2, 0.25) is 11.8 Å². The summed E-state index contributed by atoms with van der Waals surface area (Å²) in [5.74, 6) is -0.939. The van der Waals surface area contributed by atoms with Crippen molar-refractivity contribution in [1.29, 1.82) is 0 Å². The number of hydrogen-bond acceptors (Lipinski definition) is 5. The van der Waals surface area contributed by atoms with Gasteiger partial charge in [0.15, 0.2) is 0 Å². The van der Waals surface area contributed by atoms with Gasteiger partial charge in [-0.25, -0.2) is 0 Å². The van der Waals surface area contributed by atoms with E-state index >= 15 is 0 Å². The second-order valence-electron chi connectivity index (χ2n) is 5.54. The number of piperazine rings is 1. The number of halogens is 1. The summed E-state index contributed by atoms with van der Waals surface area (Å²) in [4.78, 5) is 37.4. The smallest absolute Gasteiger partial charge is 0.325 e. The Morgan fingerprint density at radius 2 is 2.04 bits per heavy atom. The van der Waals surface area contributed by atoms with E-state index in [9.17, 15) is 14.4 Å². The molecule has 0 saturated carbocycles. The van der Waals surface area contributed by atoms with Crippen molar-refractivity contribution >= 4 is 30.2 Å². The molecule has 1 atom stereocenters. The zero-order valence-corrected chi connectivity index (χ0v) is 15.0. The summed E-state index contributed by atoms with van der Waals surface area (Å²) in [6, 6.07) is 9.17. The zero-order chi connectivity index (χ0) is 17.4. The lowest BCUT2D eigenvalue weighted by atomic mass is 10.1. The van der Waals surface area contributed by atoms with Crippen LogP contribution in [-0.2, 0) is 25.7 Å². The van der Waals surface area contributed by atoms with Crippen LogP contribution in [0.25, 0.3) is 0 Å². The third-order valence-electron chi connectivity index (χ3n) is 3.72. The summed E-state index contributed by atoms with van der Waals surface area (Å²) < 4.78 is 4.74. The Kier molecular flexibility index (Phi) is 8.94. The number of amides is 2. The fourth-order valence-electron chi connectivity index (χ4n) is 2.55. The van der Waals surface area contributed by atoms with Crippen molar-refractivity contribution in [3.05, 3.63) is 35.9 Å². The number of esters is 1. The van der Waals surface area contributed by atoms with E-state index in [2.05, 4.69) is 10.6 Å². The largest absolute Gasteiger partial charge is 0.465 e. The molecule has 1 saturated heterocycles. The van der Waals surface area contributed by atoms with E-state index in [0.717, 1.165) is 5.56 Å². The van der Waals surface area contributed by atoms with Crippen LogP contribution < -0.4 is 10.6 Å². The van der Waals surface area contributed by atoms with E-state index < -0.39 is 12.0 Å². The van der Waals surface area contributed by atoms with Crippen molar-refractivity contribution in [3.8, 4) is 0 Å². The van der Waals surface area contributed by atoms with Crippen LogP contribution in [0.2, 0.25) is 0 Å². The topological polar surface area (TPSA) is 87.7 Å². The van der Waals surface area contributed by atoms with Crippen LogP contribution >= 0.6 is 12.4 Å². The molecule has 1 aliphatic heterocycles. The lowest BCUT2D eigenvalue weighted by Gasteiger charge is -2.33. The van der Waals surface area contributed by atoms with Gasteiger partial charge in [-0.2, -0.15) is 0 Å². The number of benzene rings is 1. The van der Waals surface area contributed by atoms with Crippen LogP contribution in [-0.4, -0.2) is 55.0 Å². The highest BCUT2D eigenvalue weighted by molar-refractivity contribution is 5.90. The number of carbonyl (C=O) groups is 3. The van der Waals surface area contributed by atoms with E-state index in [0.29, 0.717) is 19.6 Å². The highest BCUT2D eigenvalue weighted by atomic mass is 35.5.